The summed E-state index contributed by atoms with van der Waals surface area (Å²) in [6.45, 7) is 0.805. The molecular formula is C21H28F5N5O2. The molecular weight excluding hydrogens is 449 g/mol. The van der Waals surface area contributed by atoms with E-state index in [9.17, 15) is 26.7 Å². The molecule has 2 aromatic rings. The van der Waals surface area contributed by atoms with Crippen LogP contribution in [0.2, 0.25) is 0 Å². The first kappa shape index (κ1) is 25.1. The van der Waals surface area contributed by atoms with Gasteiger partial charge in [-0.2, -0.15) is 18.3 Å². The van der Waals surface area contributed by atoms with Crippen LogP contribution in [0.3, 0.4) is 0 Å². The highest BCUT2D eigenvalue weighted by Gasteiger charge is 2.46. The fourth-order valence-corrected chi connectivity index (χ4v) is 3.13. The summed E-state index contributed by atoms with van der Waals surface area (Å²) in [5, 5.41) is 6.24. The van der Waals surface area contributed by atoms with Gasteiger partial charge in [-0.05, 0) is 37.3 Å². The first-order chi connectivity index (χ1) is 15.3. The number of hydrogen-bond acceptors (Lipinski definition) is 4. The Balaban J connectivity index is 0.000000541. The maximum absolute atomic E-state index is 13.5. The van der Waals surface area contributed by atoms with E-state index in [0.29, 0.717) is 23.0 Å². The Morgan fingerprint density at radius 2 is 1.97 bits per heavy atom. The van der Waals surface area contributed by atoms with Crippen molar-refractivity contribution < 1.29 is 31.5 Å². The number of carbonyl (C=O) groups is 1. The fraction of sp³-hybridized carbons (Fsp3) is 0.667. The monoisotopic (exact) mass is 477 g/mol. The number of rotatable bonds is 6. The zero-order valence-electron chi connectivity index (χ0n) is 18.8. The predicted octanol–water partition coefficient (Wildman–Crippen LogP) is 4.21. The summed E-state index contributed by atoms with van der Waals surface area (Å²) >= 11 is 0. The molecule has 0 aromatic carbocycles. The van der Waals surface area contributed by atoms with Crippen LogP contribution in [-0.4, -0.2) is 63.9 Å². The molecule has 4 rings (SSSR count). The van der Waals surface area contributed by atoms with Gasteiger partial charge in [-0.1, -0.05) is 13.8 Å². The number of nitrogens with zero attached hydrogens (tertiary/aromatic N) is 4. The fourth-order valence-electron chi connectivity index (χ4n) is 3.13. The molecule has 0 atom stereocenters. The molecule has 1 saturated heterocycles. The number of nitrogens with one attached hydrogen (secondary N) is 1. The minimum atomic E-state index is -4.31. The Morgan fingerprint density at radius 1 is 1.27 bits per heavy atom. The van der Waals surface area contributed by atoms with Gasteiger partial charge in [0.15, 0.2) is 5.65 Å². The van der Waals surface area contributed by atoms with Gasteiger partial charge in [-0.25, -0.2) is 23.1 Å². The highest BCUT2D eigenvalue weighted by Crippen LogP contribution is 2.40. The molecule has 0 spiro atoms. The minimum absolute atomic E-state index is 0.0752. The van der Waals surface area contributed by atoms with E-state index < -0.39 is 36.6 Å². The van der Waals surface area contributed by atoms with E-state index >= 15 is 0 Å². The summed E-state index contributed by atoms with van der Waals surface area (Å²) in [6.07, 6.45) is 1.84. The molecule has 0 unspecified atom stereocenters. The highest BCUT2D eigenvalue weighted by atomic mass is 19.4. The topological polar surface area (TPSA) is 71.8 Å². The molecule has 3 heterocycles. The van der Waals surface area contributed by atoms with Gasteiger partial charge in [0.1, 0.15) is 0 Å². The molecule has 1 N–H and O–H groups in total. The normalized spacial score (nSPS) is 18.7. The van der Waals surface area contributed by atoms with Crippen molar-refractivity contribution in [3.05, 3.63) is 29.7 Å². The van der Waals surface area contributed by atoms with Crippen LogP contribution in [0.1, 0.15) is 44.4 Å². The predicted molar refractivity (Wildman–Crippen MR) is 110 cm³/mol. The van der Waals surface area contributed by atoms with Crippen molar-refractivity contribution in [2.45, 2.75) is 64.3 Å². The largest absolute Gasteiger partial charge is 0.393 e. The van der Waals surface area contributed by atoms with Gasteiger partial charge >= 0.3 is 12.2 Å². The number of carbonyl (C=O) groups excluding carboxylic acids is 1. The number of fused-ring (bicyclic) bond motifs is 1. The molecule has 0 radical (unpaired) electrons. The van der Waals surface area contributed by atoms with Crippen LogP contribution in [0.4, 0.5) is 26.7 Å². The average molecular weight is 477 g/mol. The van der Waals surface area contributed by atoms with Crippen molar-refractivity contribution in [3.63, 3.8) is 0 Å². The molecule has 1 saturated carbocycles. The number of amides is 2. The van der Waals surface area contributed by atoms with Crippen molar-refractivity contribution in [2.75, 3.05) is 20.2 Å². The van der Waals surface area contributed by atoms with Crippen LogP contribution in [0.25, 0.3) is 5.65 Å². The van der Waals surface area contributed by atoms with Crippen LogP contribution < -0.4 is 5.32 Å². The van der Waals surface area contributed by atoms with Crippen LogP contribution in [-0.2, 0) is 17.7 Å². The molecule has 12 heteroatoms. The van der Waals surface area contributed by atoms with Crippen molar-refractivity contribution in [3.8, 4) is 0 Å². The van der Waals surface area contributed by atoms with Crippen molar-refractivity contribution >= 4 is 11.7 Å². The number of halogens is 5. The Hall–Kier alpha value is -2.50. The molecule has 2 aromatic heterocycles. The quantitative estimate of drug-likeness (QED) is 0.633. The van der Waals surface area contributed by atoms with Gasteiger partial charge in [0.05, 0.1) is 42.7 Å². The molecule has 1 aliphatic heterocycles. The van der Waals surface area contributed by atoms with Gasteiger partial charge in [0.2, 0.25) is 0 Å². The molecule has 184 valence electrons. The summed E-state index contributed by atoms with van der Waals surface area (Å²) in [6, 6.07) is 0.982. The lowest BCUT2D eigenvalue weighted by Gasteiger charge is -2.32. The van der Waals surface area contributed by atoms with E-state index in [2.05, 4.69) is 15.4 Å². The number of aromatic nitrogens is 3. The van der Waals surface area contributed by atoms with Crippen molar-refractivity contribution in [1.82, 2.24) is 24.8 Å². The Bertz CT molecular complexity index is 972. The summed E-state index contributed by atoms with van der Waals surface area (Å²) in [5.41, 5.74) is -0.521. The van der Waals surface area contributed by atoms with Gasteiger partial charge in [-0.3, -0.25) is 0 Å². The van der Waals surface area contributed by atoms with Crippen LogP contribution in [0.15, 0.2) is 18.5 Å². The van der Waals surface area contributed by atoms with Crippen molar-refractivity contribution in [2.24, 2.45) is 5.41 Å². The number of alkyl halides is 5. The minimum Gasteiger partial charge on any atom is -0.381 e. The standard InChI is InChI=1S/C17H20F5N5O.C4H8O/c1-15(2,17(20,21)22)4-3-12-8-27-13(25-12)5-11(6-24-27)7-26-10-16(18,19)9-23-14(26)28;1-5-4-2-3-4/h5-6,8H,3-4,7,9-10H2,1-2H3,(H,23,28);4H,2-3H2,1H3. The SMILES string of the molecule is CC(C)(CCc1cn2ncc(CN3CC(F)(F)CNC3=O)cc2n1)C(F)(F)F.COC1CC1. The number of hydrogen-bond donors (Lipinski definition) is 1. The zero-order chi connectivity index (χ0) is 24.4. The summed E-state index contributed by atoms with van der Waals surface area (Å²) in [4.78, 5) is 17.0. The lowest BCUT2D eigenvalue weighted by molar-refractivity contribution is -0.213. The van der Waals surface area contributed by atoms with Gasteiger partial charge in [0.25, 0.3) is 5.92 Å². The maximum atomic E-state index is 13.5. The van der Waals surface area contributed by atoms with Crippen LogP contribution in [0, 0.1) is 5.41 Å². The van der Waals surface area contributed by atoms with Gasteiger partial charge in [-0.15, -0.1) is 0 Å². The molecule has 2 amide bonds. The molecule has 33 heavy (non-hydrogen) atoms. The zero-order valence-corrected chi connectivity index (χ0v) is 18.8. The number of imidazole rings is 1. The van der Waals surface area contributed by atoms with Crippen LogP contribution >= 0.6 is 0 Å². The molecule has 1 aliphatic carbocycles. The van der Waals surface area contributed by atoms with E-state index in [-0.39, 0.29) is 19.4 Å². The van der Waals surface area contributed by atoms with E-state index in [1.54, 1.807) is 13.2 Å². The Morgan fingerprint density at radius 3 is 2.55 bits per heavy atom. The molecule has 7 nitrogen and oxygen atoms in total. The Kier molecular flexibility index (Phi) is 7.15. The maximum Gasteiger partial charge on any atom is 0.393 e. The lowest BCUT2D eigenvalue weighted by Crippen LogP contribution is -2.56. The van der Waals surface area contributed by atoms with E-state index in [1.807, 2.05) is 0 Å². The van der Waals surface area contributed by atoms with Gasteiger partial charge in [0, 0.05) is 13.7 Å². The van der Waals surface area contributed by atoms with E-state index in [0.717, 1.165) is 18.7 Å². The second-order valence-corrected chi connectivity index (χ2v) is 9.09. The second kappa shape index (κ2) is 9.40. The van der Waals surface area contributed by atoms with Gasteiger partial charge < -0.3 is 15.0 Å². The second-order valence-electron chi connectivity index (χ2n) is 9.09. The third kappa shape index (κ3) is 6.75. The third-order valence-corrected chi connectivity index (χ3v) is 5.64. The lowest BCUT2D eigenvalue weighted by atomic mass is 9.86. The first-order valence-electron chi connectivity index (χ1n) is 10.6. The summed E-state index contributed by atoms with van der Waals surface area (Å²) in [5.74, 6) is -3.02. The van der Waals surface area contributed by atoms with E-state index in [1.165, 1.54) is 29.8 Å². The number of urea groups is 1. The summed E-state index contributed by atoms with van der Waals surface area (Å²) < 4.78 is 72.2. The number of aryl methyl sites for hydroxylation is 1. The Labute approximate surface area is 188 Å². The number of ether oxygens (including phenoxy) is 1. The molecule has 0 bridgehead atoms. The van der Waals surface area contributed by atoms with Crippen LogP contribution in [0.5, 0.6) is 0 Å². The summed E-state index contributed by atoms with van der Waals surface area (Å²) in [7, 11) is 1.76. The van der Waals surface area contributed by atoms with E-state index in [4.69, 9.17) is 4.74 Å². The average Bonchev–Trinajstić information content (AvgIpc) is 3.47. The smallest absolute Gasteiger partial charge is 0.381 e. The number of methoxy groups -OCH3 is 1. The molecule has 2 aliphatic rings. The van der Waals surface area contributed by atoms with Crippen molar-refractivity contribution in [1.29, 1.82) is 0 Å². The highest BCUT2D eigenvalue weighted by molar-refractivity contribution is 5.75. The molecule has 2 fully saturated rings. The first-order valence-corrected chi connectivity index (χ1v) is 10.6. The third-order valence-electron chi connectivity index (χ3n) is 5.64.